The molecule has 72 valence electrons. The maximum Gasteiger partial charge on any atom is 0.180 e. The number of hydrogen-bond acceptors (Lipinski definition) is 4. The van der Waals surface area contributed by atoms with E-state index >= 15 is 0 Å². The van der Waals surface area contributed by atoms with E-state index in [4.69, 9.17) is 4.42 Å². The number of oxazole rings is 1. The van der Waals surface area contributed by atoms with Gasteiger partial charge in [0.15, 0.2) is 6.39 Å². The predicted octanol–water partition coefficient (Wildman–Crippen LogP) is 1.36. The zero-order chi connectivity index (χ0) is 9.64. The fourth-order valence-electron chi connectivity index (χ4n) is 1.16. The van der Waals surface area contributed by atoms with Crippen LogP contribution in [0.5, 0.6) is 0 Å². The predicted molar refractivity (Wildman–Crippen MR) is 51.3 cm³/mol. The first-order valence-electron chi connectivity index (χ1n) is 4.42. The summed E-state index contributed by atoms with van der Waals surface area (Å²) in [5.74, 6) is 0.846. The summed E-state index contributed by atoms with van der Waals surface area (Å²) in [4.78, 5) is 7.78. The lowest BCUT2D eigenvalue weighted by atomic mass is 10.3. The van der Waals surface area contributed by atoms with E-state index in [2.05, 4.69) is 15.3 Å². The summed E-state index contributed by atoms with van der Waals surface area (Å²) in [5, 5.41) is 3.24. The number of hydrogen-bond donors (Lipinski definition) is 1. The van der Waals surface area contributed by atoms with Crippen molar-refractivity contribution in [3.05, 3.63) is 48.4 Å². The van der Waals surface area contributed by atoms with Crippen LogP contribution in [0.15, 0.2) is 41.5 Å². The average molecular weight is 189 g/mol. The minimum Gasteiger partial charge on any atom is -0.447 e. The summed E-state index contributed by atoms with van der Waals surface area (Å²) in [6, 6.07) is 3.96. The highest BCUT2D eigenvalue weighted by atomic mass is 16.3. The topological polar surface area (TPSA) is 51.0 Å². The summed E-state index contributed by atoms with van der Waals surface area (Å²) in [7, 11) is 0. The maximum absolute atomic E-state index is 5.09. The molecule has 2 aromatic rings. The Morgan fingerprint density at radius 2 is 2.00 bits per heavy atom. The summed E-state index contributed by atoms with van der Waals surface area (Å²) in [5.41, 5.74) is 1.21. The number of rotatable bonds is 4. The van der Waals surface area contributed by atoms with Gasteiger partial charge in [-0.15, -0.1) is 0 Å². The molecule has 0 aliphatic heterocycles. The second kappa shape index (κ2) is 4.53. The second-order valence-electron chi connectivity index (χ2n) is 2.93. The summed E-state index contributed by atoms with van der Waals surface area (Å²) in [6.45, 7) is 1.51. The summed E-state index contributed by atoms with van der Waals surface area (Å²) in [6.07, 6.45) is 6.71. The first-order chi connectivity index (χ1) is 6.95. The van der Waals surface area contributed by atoms with Gasteiger partial charge in [0.1, 0.15) is 5.76 Å². The summed E-state index contributed by atoms with van der Waals surface area (Å²) < 4.78 is 5.09. The molecule has 14 heavy (non-hydrogen) atoms. The second-order valence-corrected chi connectivity index (χ2v) is 2.93. The molecule has 0 bridgehead atoms. The minimum absolute atomic E-state index is 0.697. The third-order valence-electron chi connectivity index (χ3n) is 1.86. The van der Waals surface area contributed by atoms with Crippen molar-refractivity contribution < 1.29 is 4.42 Å². The van der Waals surface area contributed by atoms with E-state index < -0.39 is 0 Å². The quantitative estimate of drug-likeness (QED) is 0.789. The molecule has 2 aromatic heterocycles. The van der Waals surface area contributed by atoms with Crippen molar-refractivity contribution in [1.82, 2.24) is 15.3 Å². The Kier molecular flexibility index (Phi) is 2.88. The van der Waals surface area contributed by atoms with E-state index in [1.165, 1.54) is 12.0 Å². The first-order valence-corrected chi connectivity index (χ1v) is 4.42. The van der Waals surface area contributed by atoms with E-state index in [1.54, 1.807) is 18.6 Å². The van der Waals surface area contributed by atoms with Crippen LogP contribution in [0.1, 0.15) is 11.3 Å². The van der Waals surface area contributed by atoms with Crippen LogP contribution in [0.3, 0.4) is 0 Å². The van der Waals surface area contributed by atoms with E-state index in [1.807, 2.05) is 12.1 Å². The number of aromatic nitrogens is 2. The number of nitrogens with one attached hydrogen (secondary N) is 1. The van der Waals surface area contributed by atoms with Crippen molar-refractivity contribution in [2.24, 2.45) is 0 Å². The highest BCUT2D eigenvalue weighted by Crippen LogP contribution is 1.98. The lowest BCUT2D eigenvalue weighted by Gasteiger charge is -2.01. The van der Waals surface area contributed by atoms with Gasteiger partial charge < -0.3 is 9.73 Å². The Balaban J connectivity index is 1.79. The van der Waals surface area contributed by atoms with E-state index in [-0.39, 0.29) is 0 Å². The van der Waals surface area contributed by atoms with Crippen LogP contribution in [0.4, 0.5) is 0 Å². The van der Waals surface area contributed by atoms with E-state index in [0.717, 1.165) is 12.3 Å². The number of nitrogens with zero attached hydrogens (tertiary/aromatic N) is 2. The molecule has 0 spiro atoms. The standard InChI is InChI=1S/C10H11N3O/c1-3-11-4-2-9(1)5-12-6-10-7-13-8-14-10/h1-4,7-8,12H,5-6H2. The average Bonchev–Trinajstić information content (AvgIpc) is 2.72. The first kappa shape index (κ1) is 8.90. The molecule has 4 nitrogen and oxygen atoms in total. The Bertz CT molecular complexity index is 358. The molecule has 0 aliphatic rings. The molecule has 0 saturated carbocycles. The van der Waals surface area contributed by atoms with Crippen molar-refractivity contribution in [3.63, 3.8) is 0 Å². The molecule has 0 aromatic carbocycles. The van der Waals surface area contributed by atoms with Crippen LogP contribution in [0.25, 0.3) is 0 Å². The molecular formula is C10H11N3O. The van der Waals surface area contributed by atoms with Crippen LogP contribution in [-0.2, 0) is 13.1 Å². The molecule has 0 aliphatic carbocycles. The molecule has 1 N–H and O–H groups in total. The fourth-order valence-corrected chi connectivity index (χ4v) is 1.16. The van der Waals surface area contributed by atoms with Gasteiger partial charge in [-0.2, -0.15) is 0 Å². The van der Waals surface area contributed by atoms with Crippen LogP contribution >= 0.6 is 0 Å². The molecule has 0 unspecified atom stereocenters. The zero-order valence-corrected chi connectivity index (χ0v) is 7.68. The van der Waals surface area contributed by atoms with E-state index in [0.29, 0.717) is 6.54 Å². The van der Waals surface area contributed by atoms with Gasteiger partial charge in [0, 0.05) is 18.9 Å². The number of pyridine rings is 1. The van der Waals surface area contributed by atoms with Crippen LogP contribution in [0.2, 0.25) is 0 Å². The monoisotopic (exact) mass is 189 g/mol. The van der Waals surface area contributed by atoms with Crippen LogP contribution in [-0.4, -0.2) is 9.97 Å². The minimum atomic E-state index is 0.697. The third-order valence-corrected chi connectivity index (χ3v) is 1.86. The third kappa shape index (κ3) is 2.40. The molecule has 2 heterocycles. The molecule has 0 fully saturated rings. The van der Waals surface area contributed by atoms with Crippen molar-refractivity contribution >= 4 is 0 Å². The smallest absolute Gasteiger partial charge is 0.180 e. The van der Waals surface area contributed by atoms with Crippen molar-refractivity contribution in [3.8, 4) is 0 Å². The highest BCUT2D eigenvalue weighted by Gasteiger charge is 1.95. The highest BCUT2D eigenvalue weighted by molar-refractivity contribution is 5.09. The Morgan fingerprint density at radius 1 is 1.14 bits per heavy atom. The zero-order valence-electron chi connectivity index (χ0n) is 7.68. The fraction of sp³-hybridized carbons (Fsp3) is 0.200. The molecule has 0 radical (unpaired) electrons. The molecular weight excluding hydrogens is 178 g/mol. The molecule has 0 amide bonds. The van der Waals surface area contributed by atoms with Crippen molar-refractivity contribution in [2.45, 2.75) is 13.1 Å². The molecule has 0 atom stereocenters. The lowest BCUT2D eigenvalue weighted by Crippen LogP contribution is -2.11. The van der Waals surface area contributed by atoms with Crippen LogP contribution < -0.4 is 5.32 Å². The van der Waals surface area contributed by atoms with Gasteiger partial charge in [0.25, 0.3) is 0 Å². The van der Waals surface area contributed by atoms with Gasteiger partial charge in [-0.3, -0.25) is 4.98 Å². The van der Waals surface area contributed by atoms with Gasteiger partial charge in [-0.05, 0) is 17.7 Å². The SMILES string of the molecule is c1cc(CNCc2cnco2)ccn1. The molecule has 4 heteroatoms. The van der Waals surface area contributed by atoms with Crippen molar-refractivity contribution in [1.29, 1.82) is 0 Å². The molecule has 0 saturated heterocycles. The van der Waals surface area contributed by atoms with Crippen molar-refractivity contribution in [2.75, 3.05) is 0 Å². The van der Waals surface area contributed by atoms with Gasteiger partial charge in [-0.1, -0.05) is 0 Å². The molecule has 2 rings (SSSR count). The van der Waals surface area contributed by atoms with Gasteiger partial charge in [0.2, 0.25) is 0 Å². The maximum atomic E-state index is 5.09. The Hall–Kier alpha value is -1.68. The largest absolute Gasteiger partial charge is 0.447 e. The Labute approximate surface area is 82.0 Å². The van der Waals surface area contributed by atoms with Crippen LogP contribution in [0, 0.1) is 0 Å². The van der Waals surface area contributed by atoms with E-state index in [9.17, 15) is 0 Å². The Morgan fingerprint density at radius 3 is 2.71 bits per heavy atom. The normalized spacial score (nSPS) is 10.3. The summed E-state index contributed by atoms with van der Waals surface area (Å²) >= 11 is 0. The van der Waals surface area contributed by atoms with Gasteiger partial charge in [0.05, 0.1) is 12.7 Å². The van der Waals surface area contributed by atoms with Gasteiger partial charge in [-0.25, -0.2) is 4.98 Å². The lowest BCUT2D eigenvalue weighted by molar-refractivity contribution is 0.479. The van der Waals surface area contributed by atoms with Gasteiger partial charge >= 0.3 is 0 Å².